The normalized spacial score (nSPS) is 12.2. The molecule has 2 rings (SSSR count). The number of hydrogen-bond acceptors (Lipinski definition) is 3. The summed E-state index contributed by atoms with van der Waals surface area (Å²) in [5, 5.41) is 10.6. The van der Waals surface area contributed by atoms with E-state index in [1.165, 1.54) is 0 Å². The lowest BCUT2D eigenvalue weighted by Crippen LogP contribution is -2.26. The van der Waals surface area contributed by atoms with Gasteiger partial charge in [-0.3, -0.25) is 0 Å². The van der Waals surface area contributed by atoms with E-state index < -0.39 is 6.10 Å². The minimum Gasteiger partial charge on any atom is -0.384 e. The van der Waals surface area contributed by atoms with Crippen LogP contribution in [0.5, 0.6) is 0 Å². The van der Waals surface area contributed by atoms with Gasteiger partial charge in [-0.15, -0.1) is 0 Å². The fourth-order valence-corrected chi connectivity index (χ4v) is 2.71. The van der Waals surface area contributed by atoms with Crippen molar-refractivity contribution < 1.29 is 5.11 Å². The van der Waals surface area contributed by atoms with E-state index in [1.54, 1.807) is 0 Å². The highest BCUT2D eigenvalue weighted by molar-refractivity contribution is 5.45. The Morgan fingerprint density at radius 3 is 2.27 bits per heavy atom. The number of aliphatic hydroxyl groups excluding tert-OH is 1. The first-order chi connectivity index (χ1) is 10.7. The van der Waals surface area contributed by atoms with Crippen LogP contribution in [-0.2, 0) is 0 Å². The summed E-state index contributed by atoms with van der Waals surface area (Å²) in [7, 11) is 0. The molecule has 0 saturated carbocycles. The monoisotopic (exact) mass is 298 g/mol. The van der Waals surface area contributed by atoms with E-state index in [0.717, 1.165) is 48.4 Å². The Balaban J connectivity index is 2.25. The van der Waals surface area contributed by atoms with Crippen LogP contribution in [0.25, 0.3) is 0 Å². The van der Waals surface area contributed by atoms with Gasteiger partial charge in [-0.05, 0) is 37.0 Å². The molecule has 0 spiro atoms. The summed E-state index contributed by atoms with van der Waals surface area (Å²) in [6.45, 7) is 8.44. The number of aromatic nitrogens is 1. The summed E-state index contributed by atoms with van der Waals surface area (Å²) >= 11 is 0. The average molecular weight is 298 g/mol. The summed E-state index contributed by atoms with van der Waals surface area (Å²) in [5.41, 5.74) is 2.86. The molecule has 1 N–H and O–H groups in total. The predicted octanol–water partition coefficient (Wildman–Crippen LogP) is 4.10. The fourth-order valence-electron chi connectivity index (χ4n) is 2.71. The van der Waals surface area contributed by atoms with Crippen LogP contribution in [0.4, 0.5) is 5.82 Å². The highest BCUT2D eigenvalue weighted by Gasteiger charge is 2.15. The molecule has 1 heterocycles. The molecular weight excluding hydrogens is 272 g/mol. The number of hydrogen-bond donors (Lipinski definition) is 1. The van der Waals surface area contributed by atoms with E-state index in [1.807, 2.05) is 43.5 Å². The van der Waals surface area contributed by atoms with Crippen LogP contribution < -0.4 is 4.90 Å². The Morgan fingerprint density at radius 2 is 1.73 bits per heavy atom. The van der Waals surface area contributed by atoms with E-state index in [0.29, 0.717) is 0 Å². The van der Waals surface area contributed by atoms with Crippen LogP contribution in [0, 0.1) is 6.92 Å². The van der Waals surface area contributed by atoms with Crippen molar-refractivity contribution in [2.24, 2.45) is 0 Å². The molecule has 0 saturated heterocycles. The third kappa shape index (κ3) is 3.86. The van der Waals surface area contributed by atoms with Crippen molar-refractivity contribution in [3.63, 3.8) is 0 Å². The molecule has 0 radical (unpaired) electrons. The van der Waals surface area contributed by atoms with Gasteiger partial charge in [0, 0.05) is 24.8 Å². The van der Waals surface area contributed by atoms with Gasteiger partial charge in [-0.1, -0.05) is 44.2 Å². The Hall–Kier alpha value is -1.87. The number of aliphatic hydroxyl groups is 1. The third-order valence-electron chi connectivity index (χ3n) is 3.86. The topological polar surface area (TPSA) is 36.4 Å². The van der Waals surface area contributed by atoms with E-state index in [9.17, 15) is 5.11 Å². The van der Waals surface area contributed by atoms with Gasteiger partial charge in [0.25, 0.3) is 0 Å². The van der Waals surface area contributed by atoms with Gasteiger partial charge < -0.3 is 10.0 Å². The molecular formula is C19H26N2O. The van der Waals surface area contributed by atoms with Crippen LogP contribution >= 0.6 is 0 Å². The average Bonchev–Trinajstić information content (AvgIpc) is 2.55. The molecule has 0 aliphatic carbocycles. The van der Waals surface area contributed by atoms with E-state index >= 15 is 0 Å². The van der Waals surface area contributed by atoms with Crippen LogP contribution in [-0.4, -0.2) is 23.2 Å². The van der Waals surface area contributed by atoms with Gasteiger partial charge >= 0.3 is 0 Å². The molecule has 0 bridgehead atoms. The number of nitrogens with zero attached hydrogens (tertiary/aromatic N) is 2. The second-order valence-electron chi connectivity index (χ2n) is 5.70. The summed E-state index contributed by atoms with van der Waals surface area (Å²) in [6.07, 6.45) is 3.42. The van der Waals surface area contributed by atoms with Crippen molar-refractivity contribution in [3.8, 4) is 0 Å². The Bertz CT molecular complexity index is 577. The molecule has 0 aliphatic heterocycles. The van der Waals surface area contributed by atoms with Gasteiger partial charge in [0.15, 0.2) is 0 Å². The summed E-state index contributed by atoms with van der Waals surface area (Å²) < 4.78 is 0. The van der Waals surface area contributed by atoms with E-state index in [-0.39, 0.29) is 0 Å². The Labute approximate surface area is 133 Å². The predicted molar refractivity (Wildman–Crippen MR) is 92.3 cm³/mol. The number of aryl methyl sites for hydroxylation is 1. The zero-order valence-corrected chi connectivity index (χ0v) is 13.8. The van der Waals surface area contributed by atoms with Crippen LogP contribution in [0.15, 0.2) is 42.6 Å². The number of benzene rings is 1. The highest BCUT2D eigenvalue weighted by Crippen LogP contribution is 2.26. The molecule has 0 amide bonds. The molecule has 3 nitrogen and oxygen atoms in total. The van der Waals surface area contributed by atoms with Crippen LogP contribution in [0.1, 0.15) is 49.5 Å². The van der Waals surface area contributed by atoms with Gasteiger partial charge in [-0.25, -0.2) is 4.98 Å². The quantitative estimate of drug-likeness (QED) is 0.836. The highest BCUT2D eigenvalue weighted by atomic mass is 16.3. The molecule has 2 aromatic rings. The molecule has 22 heavy (non-hydrogen) atoms. The maximum atomic E-state index is 10.6. The fraction of sp³-hybridized carbons (Fsp3) is 0.421. The Morgan fingerprint density at radius 1 is 1.09 bits per heavy atom. The SMILES string of the molecule is CCCN(CCC)c1cc(C)c([C@@H](O)c2ccccc2)cn1. The van der Waals surface area contributed by atoms with E-state index in [4.69, 9.17) is 0 Å². The van der Waals surface area contributed by atoms with Gasteiger partial charge in [0.1, 0.15) is 11.9 Å². The second kappa shape index (κ2) is 7.95. The van der Waals surface area contributed by atoms with Crippen LogP contribution in [0.3, 0.4) is 0 Å². The van der Waals surface area contributed by atoms with Crippen molar-refractivity contribution in [3.05, 3.63) is 59.3 Å². The minimum atomic E-state index is -0.617. The second-order valence-corrected chi connectivity index (χ2v) is 5.70. The van der Waals surface area contributed by atoms with Crippen molar-refractivity contribution >= 4 is 5.82 Å². The lowest BCUT2D eigenvalue weighted by molar-refractivity contribution is 0.219. The first-order valence-electron chi connectivity index (χ1n) is 8.11. The largest absolute Gasteiger partial charge is 0.384 e. The van der Waals surface area contributed by atoms with Crippen molar-refractivity contribution in [1.82, 2.24) is 4.98 Å². The van der Waals surface area contributed by atoms with Gasteiger partial charge in [0.2, 0.25) is 0 Å². The first-order valence-corrected chi connectivity index (χ1v) is 8.11. The zero-order valence-electron chi connectivity index (χ0n) is 13.8. The van der Waals surface area contributed by atoms with Crippen LogP contribution in [0.2, 0.25) is 0 Å². The maximum Gasteiger partial charge on any atom is 0.128 e. The number of rotatable bonds is 7. The molecule has 3 heteroatoms. The van der Waals surface area contributed by atoms with Gasteiger partial charge in [0.05, 0.1) is 0 Å². The molecule has 0 unspecified atom stereocenters. The molecule has 1 aromatic carbocycles. The molecule has 0 fully saturated rings. The molecule has 1 aromatic heterocycles. The van der Waals surface area contributed by atoms with Gasteiger partial charge in [-0.2, -0.15) is 0 Å². The Kier molecular flexibility index (Phi) is 5.96. The summed E-state index contributed by atoms with van der Waals surface area (Å²) in [5.74, 6) is 1.00. The van der Waals surface area contributed by atoms with E-state index in [2.05, 4.69) is 29.8 Å². The number of anilines is 1. The summed E-state index contributed by atoms with van der Waals surface area (Å²) in [6, 6.07) is 11.8. The summed E-state index contributed by atoms with van der Waals surface area (Å²) in [4.78, 5) is 6.90. The van der Waals surface area contributed by atoms with Crippen molar-refractivity contribution in [2.45, 2.75) is 39.7 Å². The number of pyridine rings is 1. The lowest BCUT2D eigenvalue weighted by atomic mass is 9.99. The smallest absolute Gasteiger partial charge is 0.128 e. The third-order valence-corrected chi connectivity index (χ3v) is 3.86. The maximum absolute atomic E-state index is 10.6. The minimum absolute atomic E-state index is 0.617. The standard InChI is InChI=1S/C19H26N2O/c1-4-11-21(12-5-2)18-13-15(3)17(14-20-18)19(22)16-9-7-6-8-10-16/h6-10,13-14,19,22H,4-5,11-12H2,1-3H3/t19-/m0/s1. The van der Waals surface area contributed by atoms with Crippen molar-refractivity contribution in [1.29, 1.82) is 0 Å². The first kappa shape index (κ1) is 16.5. The van der Waals surface area contributed by atoms with Crippen molar-refractivity contribution in [2.75, 3.05) is 18.0 Å². The molecule has 0 aliphatic rings. The molecule has 1 atom stereocenters. The zero-order chi connectivity index (χ0) is 15.9. The molecule has 118 valence electrons. The lowest BCUT2D eigenvalue weighted by Gasteiger charge is -2.24.